The van der Waals surface area contributed by atoms with Gasteiger partial charge in [0.1, 0.15) is 6.54 Å². The van der Waals surface area contributed by atoms with E-state index in [1.807, 2.05) is 0 Å². The van der Waals surface area contributed by atoms with Crippen LogP contribution in [0, 0.1) is 0 Å². The fourth-order valence-electron chi connectivity index (χ4n) is 2.84. The Labute approximate surface area is 197 Å². The van der Waals surface area contributed by atoms with Gasteiger partial charge in [-0.05, 0) is 36.4 Å². The van der Waals surface area contributed by atoms with E-state index >= 15 is 0 Å². The predicted octanol–water partition coefficient (Wildman–Crippen LogP) is 3.46. The molecule has 0 saturated heterocycles. The number of carbonyl (C=O) groups excluding carboxylic acids is 1. The molecule has 0 atom stereocenters. The molecular formula is C21H16ClN5O4S2. The number of anilines is 2. The first kappa shape index (κ1) is 22.6. The predicted molar refractivity (Wildman–Crippen MR) is 127 cm³/mol. The molecule has 1 amide bonds. The van der Waals surface area contributed by atoms with Gasteiger partial charge in [-0.25, -0.2) is 18.4 Å². The highest BCUT2D eigenvalue weighted by molar-refractivity contribution is 7.93. The standard InChI is InChI=1S/C21H16ClN5O4S2/c22-15-3-1-14(2-4-15)18-11-20(29)27(13-24-18)12-19(28)25-16-5-7-17(8-6-16)33(30,31)26-21-23-9-10-32-21/h1-11,13H,12H2,(H,23,26)(H,25,28). The van der Waals surface area contributed by atoms with Crippen molar-refractivity contribution in [1.29, 1.82) is 0 Å². The summed E-state index contributed by atoms with van der Waals surface area (Å²) < 4.78 is 28.3. The number of sulfonamides is 1. The Balaban J connectivity index is 1.40. The Bertz CT molecular complexity index is 1440. The molecule has 33 heavy (non-hydrogen) atoms. The van der Waals surface area contributed by atoms with Crippen LogP contribution in [0.4, 0.5) is 10.8 Å². The van der Waals surface area contributed by atoms with Gasteiger partial charge >= 0.3 is 0 Å². The summed E-state index contributed by atoms with van der Waals surface area (Å²) in [4.78, 5) is 32.9. The van der Waals surface area contributed by atoms with Crippen LogP contribution in [0.3, 0.4) is 0 Å². The minimum atomic E-state index is -3.79. The number of hydrogen-bond donors (Lipinski definition) is 2. The number of carbonyl (C=O) groups is 1. The van der Waals surface area contributed by atoms with Crippen LogP contribution < -0.4 is 15.6 Å². The topological polar surface area (TPSA) is 123 Å². The highest BCUT2D eigenvalue weighted by atomic mass is 35.5. The van der Waals surface area contributed by atoms with Gasteiger partial charge in [-0.1, -0.05) is 23.7 Å². The second-order valence-electron chi connectivity index (χ2n) is 6.76. The van der Waals surface area contributed by atoms with Crippen molar-refractivity contribution in [3.63, 3.8) is 0 Å². The molecule has 168 valence electrons. The lowest BCUT2D eigenvalue weighted by Gasteiger charge is -2.09. The highest BCUT2D eigenvalue weighted by Crippen LogP contribution is 2.20. The fraction of sp³-hybridized carbons (Fsp3) is 0.0476. The minimum absolute atomic E-state index is 0.0221. The molecule has 0 radical (unpaired) electrons. The summed E-state index contributed by atoms with van der Waals surface area (Å²) in [5.74, 6) is -0.463. The lowest BCUT2D eigenvalue weighted by molar-refractivity contribution is -0.116. The van der Waals surface area contributed by atoms with E-state index in [0.717, 1.165) is 16.9 Å². The van der Waals surface area contributed by atoms with Crippen molar-refractivity contribution in [2.24, 2.45) is 0 Å². The van der Waals surface area contributed by atoms with Gasteiger partial charge in [0.15, 0.2) is 5.13 Å². The second kappa shape index (κ2) is 9.53. The van der Waals surface area contributed by atoms with Crippen molar-refractivity contribution >= 4 is 49.7 Å². The van der Waals surface area contributed by atoms with Gasteiger partial charge in [-0.15, -0.1) is 11.3 Å². The van der Waals surface area contributed by atoms with Gasteiger partial charge in [0, 0.05) is 33.9 Å². The van der Waals surface area contributed by atoms with Crippen molar-refractivity contribution in [3.8, 4) is 11.3 Å². The van der Waals surface area contributed by atoms with Crippen LogP contribution in [0.25, 0.3) is 11.3 Å². The monoisotopic (exact) mass is 501 g/mol. The quantitative estimate of drug-likeness (QED) is 0.400. The van der Waals surface area contributed by atoms with E-state index in [0.29, 0.717) is 16.4 Å². The van der Waals surface area contributed by atoms with Crippen molar-refractivity contribution in [2.75, 3.05) is 10.0 Å². The van der Waals surface area contributed by atoms with Crippen LogP contribution in [-0.4, -0.2) is 28.9 Å². The smallest absolute Gasteiger partial charge is 0.263 e. The van der Waals surface area contributed by atoms with E-state index < -0.39 is 15.9 Å². The van der Waals surface area contributed by atoms with Gasteiger partial charge in [0.05, 0.1) is 16.9 Å². The Morgan fingerprint density at radius 2 is 1.79 bits per heavy atom. The molecule has 4 aromatic rings. The molecule has 0 spiro atoms. The van der Waals surface area contributed by atoms with Crippen LogP contribution in [0.2, 0.25) is 5.02 Å². The largest absolute Gasteiger partial charge is 0.325 e. The second-order valence-corrected chi connectivity index (χ2v) is 9.78. The van der Waals surface area contributed by atoms with E-state index in [1.54, 1.807) is 29.6 Å². The summed E-state index contributed by atoms with van der Waals surface area (Å²) in [5.41, 5.74) is 1.19. The third kappa shape index (κ3) is 5.64. The molecule has 0 aliphatic carbocycles. The maximum Gasteiger partial charge on any atom is 0.263 e. The molecular weight excluding hydrogens is 486 g/mol. The summed E-state index contributed by atoms with van der Waals surface area (Å²) in [6, 6.07) is 13.9. The average Bonchev–Trinajstić information content (AvgIpc) is 3.28. The van der Waals surface area contributed by atoms with Crippen LogP contribution in [0.15, 0.2) is 82.2 Å². The van der Waals surface area contributed by atoms with Gasteiger partial charge in [0.2, 0.25) is 5.91 Å². The van der Waals surface area contributed by atoms with Crippen LogP contribution in [0.5, 0.6) is 0 Å². The summed E-state index contributed by atoms with van der Waals surface area (Å²) in [6.45, 7) is -0.252. The molecule has 0 aliphatic heterocycles. The third-order valence-electron chi connectivity index (χ3n) is 4.44. The van der Waals surface area contributed by atoms with Gasteiger partial charge < -0.3 is 5.32 Å². The van der Waals surface area contributed by atoms with Crippen molar-refractivity contribution in [1.82, 2.24) is 14.5 Å². The number of benzene rings is 2. The number of halogens is 1. The molecule has 2 aromatic carbocycles. The molecule has 12 heteroatoms. The number of rotatable bonds is 7. The van der Waals surface area contributed by atoms with Gasteiger partial charge in [-0.3, -0.25) is 18.9 Å². The number of thiazole rings is 1. The zero-order valence-electron chi connectivity index (χ0n) is 16.8. The van der Waals surface area contributed by atoms with Crippen LogP contribution >= 0.6 is 22.9 Å². The lowest BCUT2D eigenvalue weighted by Crippen LogP contribution is -2.27. The molecule has 0 saturated carbocycles. The number of aromatic nitrogens is 3. The third-order valence-corrected chi connectivity index (χ3v) is 6.86. The zero-order valence-corrected chi connectivity index (χ0v) is 19.2. The van der Waals surface area contributed by atoms with E-state index in [4.69, 9.17) is 11.6 Å². The van der Waals surface area contributed by atoms with Crippen LogP contribution in [0.1, 0.15) is 0 Å². The van der Waals surface area contributed by atoms with E-state index in [2.05, 4.69) is 20.0 Å². The summed E-state index contributed by atoms with van der Waals surface area (Å²) >= 11 is 7.03. The molecule has 0 unspecified atom stereocenters. The zero-order chi connectivity index (χ0) is 23.4. The van der Waals surface area contributed by atoms with Crippen molar-refractivity contribution in [2.45, 2.75) is 11.4 Å². The summed E-state index contributed by atoms with van der Waals surface area (Å²) in [5, 5.41) is 5.12. The highest BCUT2D eigenvalue weighted by Gasteiger charge is 2.15. The number of nitrogens with one attached hydrogen (secondary N) is 2. The SMILES string of the molecule is O=C(Cn1cnc(-c2ccc(Cl)cc2)cc1=O)Nc1ccc(S(=O)(=O)Nc2nccs2)cc1. The Kier molecular flexibility index (Phi) is 6.54. The molecule has 2 N–H and O–H groups in total. The number of nitrogens with zero attached hydrogens (tertiary/aromatic N) is 3. The first-order valence-corrected chi connectivity index (χ1v) is 12.2. The van der Waals surface area contributed by atoms with Crippen molar-refractivity contribution in [3.05, 3.63) is 87.9 Å². The molecule has 4 rings (SSSR count). The maximum atomic E-state index is 12.4. The molecule has 0 bridgehead atoms. The normalized spacial score (nSPS) is 11.2. The first-order chi connectivity index (χ1) is 15.8. The molecule has 0 aliphatic rings. The number of hydrogen-bond acceptors (Lipinski definition) is 7. The van der Waals surface area contributed by atoms with Crippen molar-refractivity contribution < 1.29 is 13.2 Å². The minimum Gasteiger partial charge on any atom is -0.325 e. The van der Waals surface area contributed by atoms with E-state index in [1.165, 1.54) is 47.4 Å². The van der Waals surface area contributed by atoms with Gasteiger partial charge in [0.25, 0.3) is 15.6 Å². The average molecular weight is 502 g/mol. The Hall–Kier alpha value is -3.54. The molecule has 2 heterocycles. The summed E-state index contributed by atoms with van der Waals surface area (Å²) in [7, 11) is -3.79. The molecule has 2 aromatic heterocycles. The lowest BCUT2D eigenvalue weighted by atomic mass is 10.1. The van der Waals surface area contributed by atoms with Gasteiger partial charge in [-0.2, -0.15) is 0 Å². The molecule has 0 fully saturated rings. The fourth-order valence-corrected chi connectivity index (χ4v) is 4.76. The van der Waals surface area contributed by atoms with E-state index in [9.17, 15) is 18.0 Å². The Morgan fingerprint density at radius 3 is 2.42 bits per heavy atom. The maximum absolute atomic E-state index is 12.4. The first-order valence-electron chi connectivity index (χ1n) is 9.45. The Morgan fingerprint density at radius 1 is 1.06 bits per heavy atom. The molecule has 9 nitrogen and oxygen atoms in total. The van der Waals surface area contributed by atoms with Crippen LogP contribution in [-0.2, 0) is 21.4 Å². The summed E-state index contributed by atoms with van der Waals surface area (Å²) in [6.07, 6.45) is 2.79. The van der Waals surface area contributed by atoms with E-state index in [-0.39, 0.29) is 22.1 Å². The number of amides is 1.